The topological polar surface area (TPSA) is 33.1 Å². The lowest BCUT2D eigenvalue weighted by atomic mass is 10.1. The number of aliphatic hydroxyl groups excluding tert-OH is 1. The molecule has 0 fully saturated rings. The molecule has 1 heterocycles. The molecule has 0 aromatic carbocycles. The van der Waals surface area contributed by atoms with Gasteiger partial charge in [-0.05, 0) is 13.3 Å². The van der Waals surface area contributed by atoms with E-state index in [4.69, 9.17) is 0 Å². The van der Waals surface area contributed by atoms with Gasteiger partial charge >= 0.3 is 0 Å². The van der Waals surface area contributed by atoms with E-state index < -0.39 is 0 Å². The maximum atomic E-state index is 9.86. The standard InChI is InChI=1S/C11H19NOS/c1-3-4-5-6-7-10(13)11-9(2)12-8-14-11/h8,10,13H,3-7H2,1-2H3. The Labute approximate surface area is 90.0 Å². The van der Waals surface area contributed by atoms with E-state index in [1.165, 1.54) is 19.3 Å². The number of unbranched alkanes of at least 4 members (excludes halogenated alkanes) is 3. The van der Waals surface area contributed by atoms with Crippen LogP contribution in [0.4, 0.5) is 0 Å². The minimum atomic E-state index is -0.292. The monoisotopic (exact) mass is 213 g/mol. The van der Waals surface area contributed by atoms with Gasteiger partial charge in [-0.25, -0.2) is 4.98 Å². The number of hydrogen-bond donors (Lipinski definition) is 1. The third kappa shape index (κ3) is 3.39. The summed E-state index contributed by atoms with van der Waals surface area (Å²) in [4.78, 5) is 5.18. The van der Waals surface area contributed by atoms with Crippen molar-refractivity contribution < 1.29 is 5.11 Å². The highest BCUT2D eigenvalue weighted by atomic mass is 32.1. The van der Waals surface area contributed by atoms with Crippen LogP contribution in [0.3, 0.4) is 0 Å². The number of aryl methyl sites for hydroxylation is 1. The molecule has 0 spiro atoms. The lowest BCUT2D eigenvalue weighted by Gasteiger charge is -2.08. The molecule has 0 saturated carbocycles. The summed E-state index contributed by atoms with van der Waals surface area (Å²) in [5, 5.41) is 9.86. The molecular weight excluding hydrogens is 194 g/mol. The molecule has 1 N–H and O–H groups in total. The quantitative estimate of drug-likeness (QED) is 0.734. The third-order valence-electron chi connectivity index (χ3n) is 2.42. The van der Waals surface area contributed by atoms with Crippen molar-refractivity contribution in [2.75, 3.05) is 0 Å². The van der Waals surface area contributed by atoms with Crippen LogP contribution in [0.2, 0.25) is 0 Å². The highest BCUT2D eigenvalue weighted by Gasteiger charge is 2.11. The van der Waals surface area contributed by atoms with Gasteiger partial charge < -0.3 is 5.11 Å². The average Bonchev–Trinajstić information content (AvgIpc) is 2.59. The number of nitrogens with zero attached hydrogens (tertiary/aromatic N) is 1. The summed E-state index contributed by atoms with van der Waals surface area (Å²) in [5.41, 5.74) is 2.79. The van der Waals surface area contributed by atoms with Gasteiger partial charge in [0.05, 0.1) is 22.2 Å². The molecule has 0 saturated heterocycles. The first-order chi connectivity index (χ1) is 6.75. The molecule has 0 aliphatic carbocycles. The number of hydrogen-bond acceptors (Lipinski definition) is 3. The van der Waals surface area contributed by atoms with Gasteiger partial charge in [0, 0.05) is 0 Å². The minimum Gasteiger partial charge on any atom is -0.388 e. The number of thiazole rings is 1. The molecule has 0 aliphatic heterocycles. The summed E-state index contributed by atoms with van der Waals surface area (Å²) in [7, 11) is 0. The number of aromatic nitrogens is 1. The lowest BCUT2D eigenvalue weighted by Crippen LogP contribution is -1.96. The van der Waals surface area contributed by atoms with E-state index in [2.05, 4.69) is 11.9 Å². The Hall–Kier alpha value is -0.410. The Bertz CT molecular complexity index is 260. The largest absolute Gasteiger partial charge is 0.388 e. The molecule has 1 unspecified atom stereocenters. The van der Waals surface area contributed by atoms with Crippen LogP contribution < -0.4 is 0 Å². The van der Waals surface area contributed by atoms with Crippen molar-refractivity contribution in [3.63, 3.8) is 0 Å². The summed E-state index contributed by atoms with van der Waals surface area (Å²) in [5.74, 6) is 0. The van der Waals surface area contributed by atoms with Crippen LogP contribution in [0.25, 0.3) is 0 Å². The molecule has 1 rings (SSSR count). The smallest absolute Gasteiger partial charge is 0.0900 e. The molecule has 1 aromatic heterocycles. The first-order valence-electron chi connectivity index (χ1n) is 5.33. The average molecular weight is 213 g/mol. The predicted molar refractivity (Wildman–Crippen MR) is 60.6 cm³/mol. The minimum absolute atomic E-state index is 0.292. The van der Waals surface area contributed by atoms with Gasteiger partial charge in [-0.2, -0.15) is 0 Å². The van der Waals surface area contributed by atoms with E-state index in [0.29, 0.717) is 0 Å². The molecule has 1 aromatic rings. The van der Waals surface area contributed by atoms with Gasteiger partial charge in [0.2, 0.25) is 0 Å². The van der Waals surface area contributed by atoms with Crippen molar-refractivity contribution in [2.24, 2.45) is 0 Å². The molecule has 3 heteroatoms. The fourth-order valence-electron chi connectivity index (χ4n) is 1.53. The van der Waals surface area contributed by atoms with Gasteiger partial charge in [0.1, 0.15) is 0 Å². The summed E-state index contributed by atoms with van der Waals surface area (Å²) >= 11 is 1.56. The summed E-state index contributed by atoms with van der Waals surface area (Å²) in [6.45, 7) is 4.16. The molecule has 0 bridgehead atoms. The van der Waals surface area contributed by atoms with Crippen LogP contribution >= 0.6 is 11.3 Å². The lowest BCUT2D eigenvalue weighted by molar-refractivity contribution is 0.166. The van der Waals surface area contributed by atoms with Gasteiger partial charge in [-0.1, -0.05) is 32.6 Å². The van der Waals surface area contributed by atoms with Crippen molar-refractivity contribution in [1.82, 2.24) is 4.98 Å². The van der Waals surface area contributed by atoms with Crippen LogP contribution in [0, 0.1) is 6.92 Å². The maximum Gasteiger partial charge on any atom is 0.0900 e. The molecule has 0 amide bonds. The second-order valence-corrected chi connectivity index (χ2v) is 4.55. The summed E-state index contributed by atoms with van der Waals surface area (Å²) in [6, 6.07) is 0. The zero-order valence-corrected chi connectivity index (χ0v) is 9.81. The SMILES string of the molecule is CCCCCCC(O)c1scnc1C. The van der Waals surface area contributed by atoms with E-state index in [1.807, 2.05) is 6.92 Å². The normalized spacial score (nSPS) is 13.1. The van der Waals surface area contributed by atoms with E-state index >= 15 is 0 Å². The van der Waals surface area contributed by atoms with Crippen LogP contribution in [-0.2, 0) is 0 Å². The van der Waals surface area contributed by atoms with Gasteiger partial charge in [-0.3, -0.25) is 0 Å². The van der Waals surface area contributed by atoms with Crippen LogP contribution in [0.1, 0.15) is 55.7 Å². The van der Waals surface area contributed by atoms with Crippen molar-refractivity contribution in [2.45, 2.75) is 52.1 Å². The van der Waals surface area contributed by atoms with E-state index in [0.717, 1.165) is 23.4 Å². The summed E-state index contributed by atoms with van der Waals surface area (Å²) < 4.78 is 0. The van der Waals surface area contributed by atoms with Crippen molar-refractivity contribution in [3.05, 3.63) is 16.1 Å². The molecule has 0 radical (unpaired) electrons. The fourth-order valence-corrected chi connectivity index (χ4v) is 2.35. The Morgan fingerprint density at radius 3 is 2.79 bits per heavy atom. The fraction of sp³-hybridized carbons (Fsp3) is 0.727. The predicted octanol–water partition coefficient (Wildman–Crippen LogP) is 3.46. The Morgan fingerprint density at radius 2 is 2.21 bits per heavy atom. The highest BCUT2D eigenvalue weighted by Crippen LogP contribution is 2.25. The van der Waals surface area contributed by atoms with E-state index in [9.17, 15) is 5.11 Å². The Kier molecular flexibility index (Phi) is 5.12. The first-order valence-corrected chi connectivity index (χ1v) is 6.21. The van der Waals surface area contributed by atoms with Crippen molar-refractivity contribution >= 4 is 11.3 Å². The maximum absolute atomic E-state index is 9.86. The molecular formula is C11H19NOS. The zero-order chi connectivity index (χ0) is 10.4. The van der Waals surface area contributed by atoms with Crippen LogP contribution in [0.15, 0.2) is 5.51 Å². The second kappa shape index (κ2) is 6.14. The second-order valence-electron chi connectivity index (χ2n) is 3.67. The molecule has 80 valence electrons. The Balaban J connectivity index is 2.28. The molecule has 14 heavy (non-hydrogen) atoms. The van der Waals surface area contributed by atoms with Crippen LogP contribution in [0.5, 0.6) is 0 Å². The number of rotatable bonds is 6. The first kappa shape index (κ1) is 11.7. The summed E-state index contributed by atoms with van der Waals surface area (Å²) in [6.07, 6.45) is 5.45. The van der Waals surface area contributed by atoms with Gasteiger partial charge in [0.25, 0.3) is 0 Å². The Morgan fingerprint density at radius 1 is 1.43 bits per heavy atom. The van der Waals surface area contributed by atoms with Gasteiger partial charge in [0.15, 0.2) is 0 Å². The van der Waals surface area contributed by atoms with Crippen molar-refractivity contribution in [1.29, 1.82) is 0 Å². The third-order valence-corrected chi connectivity index (χ3v) is 3.45. The highest BCUT2D eigenvalue weighted by molar-refractivity contribution is 7.09. The molecule has 1 atom stereocenters. The van der Waals surface area contributed by atoms with E-state index in [1.54, 1.807) is 16.8 Å². The van der Waals surface area contributed by atoms with Gasteiger partial charge in [-0.15, -0.1) is 11.3 Å². The van der Waals surface area contributed by atoms with E-state index in [-0.39, 0.29) is 6.10 Å². The molecule has 2 nitrogen and oxygen atoms in total. The van der Waals surface area contributed by atoms with Crippen molar-refractivity contribution in [3.8, 4) is 0 Å². The van der Waals surface area contributed by atoms with Crippen LogP contribution in [-0.4, -0.2) is 10.1 Å². The number of aliphatic hydroxyl groups is 1. The zero-order valence-electron chi connectivity index (χ0n) is 8.99. The molecule has 0 aliphatic rings.